The Hall–Kier alpha value is -2.83. The normalized spacial score (nSPS) is 17.9. The lowest BCUT2D eigenvalue weighted by molar-refractivity contribution is -0.137. The van der Waals surface area contributed by atoms with Gasteiger partial charge in [-0.05, 0) is 44.2 Å². The number of H-pyrrole nitrogens is 1. The van der Waals surface area contributed by atoms with Gasteiger partial charge in [-0.3, -0.25) is 9.89 Å². The van der Waals surface area contributed by atoms with Gasteiger partial charge in [0, 0.05) is 37.2 Å². The van der Waals surface area contributed by atoms with E-state index >= 15 is 0 Å². The quantitative estimate of drug-likeness (QED) is 0.683. The summed E-state index contributed by atoms with van der Waals surface area (Å²) in [5.41, 5.74) is 3.11. The number of rotatable bonds is 7. The first-order valence-corrected chi connectivity index (χ1v) is 9.84. The number of aromatic amines is 1. The zero-order valence-corrected chi connectivity index (χ0v) is 16.2. The Morgan fingerprint density at radius 3 is 2.82 bits per heavy atom. The van der Waals surface area contributed by atoms with Gasteiger partial charge in [0.2, 0.25) is 0 Å². The van der Waals surface area contributed by atoms with Crippen molar-refractivity contribution in [1.29, 1.82) is 0 Å². The molecule has 28 heavy (non-hydrogen) atoms. The van der Waals surface area contributed by atoms with Gasteiger partial charge in [0.15, 0.2) is 0 Å². The summed E-state index contributed by atoms with van der Waals surface area (Å²) in [5.74, 6) is -0.615. The van der Waals surface area contributed by atoms with Crippen molar-refractivity contribution in [2.45, 2.75) is 51.0 Å². The van der Waals surface area contributed by atoms with E-state index in [0.29, 0.717) is 25.9 Å². The Morgan fingerprint density at radius 1 is 1.36 bits per heavy atom. The number of piperidine rings is 1. The number of hydrogen-bond acceptors (Lipinski definition) is 3. The van der Waals surface area contributed by atoms with Gasteiger partial charge in [0.25, 0.3) is 0 Å². The van der Waals surface area contributed by atoms with E-state index in [1.807, 2.05) is 48.2 Å². The van der Waals surface area contributed by atoms with E-state index in [9.17, 15) is 9.59 Å². The standard InChI is InChI=1S/C21H28N4O3/c1-15-12-19(24-23-15)17-8-5-11-25(14-17)21(28)22-18(9-10-20(26)27)13-16-6-3-2-4-7-16/h2-4,6-7,12,17-18H,5,8-11,13-14H2,1H3,(H,22,28)(H,23,24)(H,26,27). The van der Waals surface area contributed by atoms with Crippen molar-refractivity contribution in [1.82, 2.24) is 20.4 Å². The lowest BCUT2D eigenvalue weighted by atomic mass is 9.95. The zero-order valence-electron chi connectivity index (χ0n) is 16.2. The smallest absolute Gasteiger partial charge is 0.317 e. The predicted octanol–water partition coefficient (Wildman–Crippen LogP) is 3.08. The number of urea groups is 1. The molecule has 2 atom stereocenters. The van der Waals surface area contributed by atoms with Crippen LogP contribution in [0.1, 0.15) is 48.6 Å². The molecule has 0 aliphatic carbocycles. The molecule has 2 unspecified atom stereocenters. The summed E-state index contributed by atoms with van der Waals surface area (Å²) in [4.78, 5) is 25.7. The van der Waals surface area contributed by atoms with Gasteiger partial charge in [-0.15, -0.1) is 0 Å². The number of aliphatic carboxylic acids is 1. The molecule has 0 radical (unpaired) electrons. The number of carbonyl (C=O) groups is 2. The fourth-order valence-electron chi connectivity index (χ4n) is 3.74. The third kappa shape index (κ3) is 5.58. The van der Waals surface area contributed by atoms with E-state index in [1.165, 1.54) is 0 Å². The first-order valence-electron chi connectivity index (χ1n) is 9.84. The minimum atomic E-state index is -0.848. The molecule has 1 aromatic carbocycles. The molecule has 0 saturated carbocycles. The van der Waals surface area contributed by atoms with Gasteiger partial charge in [0.05, 0.1) is 5.69 Å². The van der Waals surface area contributed by atoms with Crippen LogP contribution in [0.4, 0.5) is 4.79 Å². The first kappa shape index (κ1) is 19.9. The number of carbonyl (C=O) groups excluding carboxylic acids is 1. The number of aromatic nitrogens is 2. The summed E-state index contributed by atoms with van der Waals surface area (Å²) >= 11 is 0. The van der Waals surface area contributed by atoms with Crippen molar-refractivity contribution < 1.29 is 14.7 Å². The highest BCUT2D eigenvalue weighted by Gasteiger charge is 2.27. The number of benzene rings is 1. The molecule has 1 aliphatic heterocycles. The maximum atomic E-state index is 12.9. The lowest BCUT2D eigenvalue weighted by Gasteiger charge is -2.33. The fraction of sp³-hybridized carbons (Fsp3) is 0.476. The van der Waals surface area contributed by atoms with Gasteiger partial charge < -0.3 is 15.3 Å². The molecule has 3 rings (SSSR count). The van der Waals surface area contributed by atoms with Gasteiger partial charge >= 0.3 is 12.0 Å². The van der Waals surface area contributed by atoms with Gasteiger partial charge in [-0.25, -0.2) is 4.79 Å². The summed E-state index contributed by atoms with van der Waals surface area (Å²) in [6.07, 6.45) is 3.01. The third-order valence-electron chi connectivity index (χ3n) is 5.21. The molecule has 150 valence electrons. The summed E-state index contributed by atoms with van der Waals surface area (Å²) in [6.45, 7) is 3.32. The molecular formula is C21H28N4O3. The maximum absolute atomic E-state index is 12.9. The molecule has 0 bridgehead atoms. The molecular weight excluding hydrogens is 356 g/mol. The molecule has 2 aromatic rings. The molecule has 1 fully saturated rings. The molecule has 7 nitrogen and oxygen atoms in total. The van der Waals surface area contributed by atoms with E-state index < -0.39 is 5.97 Å². The average Bonchev–Trinajstić information content (AvgIpc) is 3.13. The highest BCUT2D eigenvalue weighted by atomic mass is 16.4. The van der Waals surface area contributed by atoms with Crippen LogP contribution in [0.25, 0.3) is 0 Å². The SMILES string of the molecule is Cc1cc(C2CCCN(C(=O)NC(CCC(=O)O)Cc3ccccc3)C2)n[nH]1. The Balaban J connectivity index is 1.62. The van der Waals surface area contributed by atoms with Crippen LogP contribution in [-0.4, -0.2) is 51.3 Å². The van der Waals surface area contributed by atoms with E-state index in [0.717, 1.165) is 29.8 Å². The minimum absolute atomic E-state index is 0.0347. The highest BCUT2D eigenvalue weighted by Crippen LogP contribution is 2.26. The summed E-state index contributed by atoms with van der Waals surface area (Å²) < 4.78 is 0. The molecule has 7 heteroatoms. The second kappa shape index (κ2) is 9.39. The van der Waals surface area contributed by atoms with Crippen LogP contribution in [0.5, 0.6) is 0 Å². The molecule has 1 saturated heterocycles. The molecule has 1 aliphatic rings. The number of aryl methyl sites for hydroxylation is 1. The van der Waals surface area contributed by atoms with Crippen molar-refractivity contribution >= 4 is 12.0 Å². The van der Waals surface area contributed by atoms with Crippen LogP contribution in [0, 0.1) is 6.92 Å². The molecule has 2 amide bonds. The van der Waals surface area contributed by atoms with Crippen LogP contribution < -0.4 is 5.32 Å². The molecule has 1 aromatic heterocycles. The topological polar surface area (TPSA) is 98.3 Å². The second-order valence-corrected chi connectivity index (χ2v) is 7.53. The van der Waals surface area contributed by atoms with Crippen LogP contribution in [0.2, 0.25) is 0 Å². The number of nitrogens with zero attached hydrogens (tertiary/aromatic N) is 2. The Bertz CT molecular complexity index is 790. The van der Waals surface area contributed by atoms with E-state index in [4.69, 9.17) is 5.11 Å². The lowest BCUT2D eigenvalue weighted by Crippen LogP contribution is -2.49. The van der Waals surface area contributed by atoms with Crippen LogP contribution in [-0.2, 0) is 11.2 Å². The largest absolute Gasteiger partial charge is 0.481 e. The fourth-order valence-corrected chi connectivity index (χ4v) is 3.74. The summed E-state index contributed by atoms with van der Waals surface area (Å²) in [5, 5.41) is 19.4. The zero-order chi connectivity index (χ0) is 19.9. The number of amides is 2. The van der Waals surface area contributed by atoms with E-state index in [2.05, 4.69) is 15.5 Å². The third-order valence-corrected chi connectivity index (χ3v) is 5.21. The van der Waals surface area contributed by atoms with E-state index in [-0.39, 0.29) is 24.4 Å². The van der Waals surface area contributed by atoms with Crippen LogP contribution in [0.15, 0.2) is 36.4 Å². The number of hydrogen-bond donors (Lipinski definition) is 3. The number of carboxylic acids is 1. The van der Waals surface area contributed by atoms with Crippen molar-refractivity contribution in [3.63, 3.8) is 0 Å². The highest BCUT2D eigenvalue weighted by molar-refractivity contribution is 5.75. The summed E-state index contributed by atoms with van der Waals surface area (Å²) in [7, 11) is 0. The minimum Gasteiger partial charge on any atom is -0.481 e. The summed E-state index contributed by atoms with van der Waals surface area (Å²) in [6, 6.07) is 11.5. The van der Waals surface area contributed by atoms with Crippen molar-refractivity contribution in [3.8, 4) is 0 Å². The molecule has 0 spiro atoms. The second-order valence-electron chi connectivity index (χ2n) is 7.53. The Morgan fingerprint density at radius 2 is 2.14 bits per heavy atom. The monoisotopic (exact) mass is 384 g/mol. The maximum Gasteiger partial charge on any atom is 0.317 e. The van der Waals surface area contributed by atoms with Crippen LogP contribution >= 0.6 is 0 Å². The Kier molecular flexibility index (Phi) is 6.68. The van der Waals surface area contributed by atoms with Gasteiger partial charge in [-0.2, -0.15) is 5.10 Å². The van der Waals surface area contributed by atoms with Gasteiger partial charge in [-0.1, -0.05) is 30.3 Å². The van der Waals surface area contributed by atoms with Crippen molar-refractivity contribution in [2.75, 3.05) is 13.1 Å². The van der Waals surface area contributed by atoms with E-state index in [1.54, 1.807) is 0 Å². The number of nitrogens with one attached hydrogen (secondary N) is 2. The molecule has 3 N–H and O–H groups in total. The average molecular weight is 384 g/mol. The Labute approximate surface area is 165 Å². The predicted molar refractivity (Wildman–Crippen MR) is 106 cm³/mol. The van der Waals surface area contributed by atoms with Gasteiger partial charge in [0.1, 0.15) is 0 Å². The molecule has 2 heterocycles. The number of likely N-dealkylation sites (tertiary alicyclic amines) is 1. The van der Waals surface area contributed by atoms with Crippen molar-refractivity contribution in [2.24, 2.45) is 0 Å². The van der Waals surface area contributed by atoms with Crippen LogP contribution in [0.3, 0.4) is 0 Å². The first-order chi connectivity index (χ1) is 13.5. The van der Waals surface area contributed by atoms with Crippen molar-refractivity contribution in [3.05, 3.63) is 53.3 Å². The number of carboxylic acid groups (broad SMARTS) is 1.